The Labute approximate surface area is 125 Å². The van der Waals surface area contributed by atoms with E-state index in [0.29, 0.717) is 22.3 Å². The predicted molar refractivity (Wildman–Crippen MR) is 82.4 cm³/mol. The fourth-order valence-electron chi connectivity index (χ4n) is 2.39. The first-order valence-electron chi connectivity index (χ1n) is 6.71. The number of nitrogens with zero attached hydrogens (tertiary/aromatic N) is 1. The Balaban J connectivity index is 2.44. The van der Waals surface area contributed by atoms with Gasteiger partial charge in [0, 0.05) is 23.6 Å². The Morgan fingerprint density at radius 2 is 2.10 bits per heavy atom. The first kappa shape index (κ1) is 15.8. The van der Waals surface area contributed by atoms with Gasteiger partial charge >= 0.3 is 0 Å². The second-order valence-corrected chi connectivity index (χ2v) is 8.53. The van der Waals surface area contributed by atoms with E-state index in [1.54, 1.807) is 41.2 Å². The maximum atomic E-state index is 12.9. The highest BCUT2D eigenvalue weighted by Crippen LogP contribution is 2.30. The molecule has 0 aliphatic carbocycles. The number of benzene rings is 1. The summed E-state index contributed by atoms with van der Waals surface area (Å²) in [5.74, 6) is 0.823. The van der Waals surface area contributed by atoms with Gasteiger partial charge in [0.1, 0.15) is 0 Å². The van der Waals surface area contributed by atoms with Crippen LogP contribution in [0.3, 0.4) is 0 Å². The summed E-state index contributed by atoms with van der Waals surface area (Å²) in [6.45, 7) is 6.21. The Kier molecular flexibility index (Phi) is 4.79. The molecule has 1 saturated heterocycles. The van der Waals surface area contributed by atoms with Crippen molar-refractivity contribution in [2.75, 3.05) is 12.3 Å². The summed E-state index contributed by atoms with van der Waals surface area (Å²) in [5.41, 5.74) is 1.35. The first-order chi connectivity index (χ1) is 9.37. The van der Waals surface area contributed by atoms with Crippen LogP contribution in [0.4, 0.5) is 0 Å². The van der Waals surface area contributed by atoms with Gasteiger partial charge in [-0.05, 0) is 31.0 Å². The van der Waals surface area contributed by atoms with Gasteiger partial charge in [-0.3, -0.25) is 0 Å². The summed E-state index contributed by atoms with van der Waals surface area (Å²) in [4.78, 5) is 0.315. The fraction of sp³-hybridized carbons (Fsp3) is 0.571. The average molecular weight is 315 g/mol. The zero-order valence-corrected chi connectivity index (χ0v) is 13.7. The highest BCUT2D eigenvalue weighted by atomic mass is 32.2. The van der Waals surface area contributed by atoms with E-state index in [-0.39, 0.29) is 12.6 Å². The lowest BCUT2D eigenvalue weighted by atomic mass is 10.2. The highest BCUT2D eigenvalue weighted by Gasteiger charge is 2.35. The summed E-state index contributed by atoms with van der Waals surface area (Å²) in [5, 5.41) is 9.50. The molecular weight excluding hydrogens is 294 g/mol. The van der Waals surface area contributed by atoms with E-state index in [4.69, 9.17) is 0 Å². The van der Waals surface area contributed by atoms with E-state index in [1.807, 2.05) is 6.92 Å². The van der Waals surface area contributed by atoms with E-state index in [2.05, 4.69) is 6.92 Å². The van der Waals surface area contributed by atoms with Crippen molar-refractivity contribution in [1.82, 2.24) is 4.31 Å². The van der Waals surface area contributed by atoms with Gasteiger partial charge in [0.05, 0.1) is 11.5 Å². The third-order valence-corrected chi connectivity index (χ3v) is 7.31. The highest BCUT2D eigenvalue weighted by molar-refractivity contribution is 8.00. The second kappa shape index (κ2) is 6.05. The number of hydrogen-bond donors (Lipinski definition) is 1. The molecule has 1 aliphatic heterocycles. The van der Waals surface area contributed by atoms with Crippen molar-refractivity contribution in [1.29, 1.82) is 0 Å². The van der Waals surface area contributed by atoms with Gasteiger partial charge in [-0.2, -0.15) is 16.1 Å². The van der Waals surface area contributed by atoms with Gasteiger partial charge in [-0.15, -0.1) is 0 Å². The molecule has 0 radical (unpaired) electrons. The molecule has 1 N–H and O–H groups in total. The number of aliphatic hydroxyl groups excluding tert-OH is 1. The van der Waals surface area contributed by atoms with Crippen molar-refractivity contribution in [3.63, 3.8) is 0 Å². The van der Waals surface area contributed by atoms with Gasteiger partial charge < -0.3 is 5.11 Å². The van der Waals surface area contributed by atoms with Crippen molar-refractivity contribution in [2.24, 2.45) is 0 Å². The minimum atomic E-state index is -3.50. The molecule has 0 aromatic heterocycles. The van der Waals surface area contributed by atoms with Crippen LogP contribution in [-0.4, -0.2) is 41.4 Å². The average Bonchev–Trinajstić information content (AvgIpc) is 2.42. The van der Waals surface area contributed by atoms with Gasteiger partial charge in [0.2, 0.25) is 10.0 Å². The van der Waals surface area contributed by atoms with Crippen LogP contribution in [0.15, 0.2) is 23.1 Å². The molecule has 0 bridgehead atoms. The molecule has 1 aliphatic rings. The van der Waals surface area contributed by atoms with Crippen molar-refractivity contribution >= 4 is 21.8 Å². The zero-order chi connectivity index (χ0) is 14.9. The molecule has 20 heavy (non-hydrogen) atoms. The third-order valence-electron chi connectivity index (χ3n) is 3.85. The maximum Gasteiger partial charge on any atom is 0.243 e. The van der Waals surface area contributed by atoms with Crippen LogP contribution in [0.1, 0.15) is 25.0 Å². The molecule has 0 spiro atoms. The van der Waals surface area contributed by atoms with Gasteiger partial charge in [-0.25, -0.2) is 8.42 Å². The minimum Gasteiger partial charge on any atom is -0.392 e. The molecule has 2 atom stereocenters. The van der Waals surface area contributed by atoms with Gasteiger partial charge in [0.15, 0.2) is 0 Å². The molecule has 6 heteroatoms. The lowest BCUT2D eigenvalue weighted by molar-refractivity contribution is 0.281. The summed E-state index contributed by atoms with van der Waals surface area (Å²) in [6.07, 6.45) is 0. The van der Waals surface area contributed by atoms with Crippen LogP contribution >= 0.6 is 11.8 Å². The Bertz CT molecular complexity index is 586. The monoisotopic (exact) mass is 315 g/mol. The van der Waals surface area contributed by atoms with Crippen molar-refractivity contribution in [3.8, 4) is 0 Å². The van der Waals surface area contributed by atoms with Crippen molar-refractivity contribution < 1.29 is 13.5 Å². The maximum absolute atomic E-state index is 12.9. The number of hydrogen-bond acceptors (Lipinski definition) is 4. The minimum absolute atomic E-state index is 0.0177. The first-order valence-corrected chi connectivity index (χ1v) is 9.20. The number of aryl methyl sites for hydroxylation is 1. The Morgan fingerprint density at radius 1 is 1.40 bits per heavy atom. The molecule has 1 heterocycles. The van der Waals surface area contributed by atoms with Crippen molar-refractivity contribution in [2.45, 2.75) is 43.6 Å². The molecular formula is C14H21NO3S2. The second-order valence-electron chi connectivity index (χ2n) is 5.19. The molecule has 0 saturated carbocycles. The Morgan fingerprint density at radius 3 is 2.75 bits per heavy atom. The number of aliphatic hydroxyl groups is 1. The van der Waals surface area contributed by atoms with Crippen LogP contribution in [0.5, 0.6) is 0 Å². The SMILES string of the molecule is Cc1ccc(CO)cc1S(=O)(=O)N1CCSC(C)C1C. The summed E-state index contributed by atoms with van der Waals surface area (Å²) < 4.78 is 27.3. The summed E-state index contributed by atoms with van der Waals surface area (Å²) >= 11 is 1.81. The van der Waals surface area contributed by atoms with Gasteiger partial charge in [-0.1, -0.05) is 19.1 Å². The van der Waals surface area contributed by atoms with Crippen LogP contribution in [0, 0.1) is 6.92 Å². The smallest absolute Gasteiger partial charge is 0.243 e. The quantitative estimate of drug-likeness (QED) is 0.927. The molecule has 1 aromatic carbocycles. The zero-order valence-electron chi connectivity index (χ0n) is 12.0. The van der Waals surface area contributed by atoms with E-state index in [0.717, 1.165) is 11.3 Å². The molecule has 112 valence electrons. The lowest BCUT2D eigenvalue weighted by Crippen LogP contribution is -2.47. The normalized spacial score (nSPS) is 24.8. The predicted octanol–water partition coefficient (Wildman–Crippen LogP) is 2.00. The van der Waals surface area contributed by atoms with Crippen molar-refractivity contribution in [3.05, 3.63) is 29.3 Å². The van der Waals surface area contributed by atoms with Gasteiger partial charge in [0.25, 0.3) is 0 Å². The van der Waals surface area contributed by atoms with E-state index in [9.17, 15) is 13.5 Å². The molecule has 1 aromatic rings. The summed E-state index contributed by atoms with van der Waals surface area (Å²) in [6, 6.07) is 5.08. The molecule has 2 unspecified atom stereocenters. The molecule has 0 amide bonds. The molecule has 4 nitrogen and oxygen atoms in total. The van der Waals surface area contributed by atoms with Crippen LogP contribution in [0.2, 0.25) is 0 Å². The van der Waals surface area contributed by atoms with E-state index < -0.39 is 10.0 Å². The Hall–Kier alpha value is -0.560. The van der Waals surface area contributed by atoms with Crippen LogP contribution in [-0.2, 0) is 16.6 Å². The number of thioether (sulfide) groups is 1. The van der Waals surface area contributed by atoms with Crippen LogP contribution in [0.25, 0.3) is 0 Å². The number of rotatable bonds is 3. The lowest BCUT2D eigenvalue weighted by Gasteiger charge is -2.36. The topological polar surface area (TPSA) is 57.6 Å². The van der Waals surface area contributed by atoms with E-state index in [1.165, 1.54) is 0 Å². The molecule has 1 fully saturated rings. The third kappa shape index (κ3) is 2.88. The fourth-order valence-corrected chi connectivity index (χ4v) is 5.66. The standard InChI is InChI=1S/C14H21NO3S2/c1-10-4-5-13(9-16)8-14(10)20(17,18)15-6-7-19-12(3)11(15)2/h4-5,8,11-12,16H,6-7,9H2,1-3H3. The molecule has 2 rings (SSSR count). The number of sulfonamides is 1. The largest absolute Gasteiger partial charge is 0.392 e. The summed E-state index contributed by atoms with van der Waals surface area (Å²) in [7, 11) is -3.50. The van der Waals surface area contributed by atoms with E-state index >= 15 is 0 Å². The van der Waals surface area contributed by atoms with Crippen LogP contribution < -0.4 is 0 Å².